The van der Waals surface area contributed by atoms with Gasteiger partial charge in [0.25, 0.3) is 0 Å². The predicted molar refractivity (Wildman–Crippen MR) is 96.9 cm³/mol. The second kappa shape index (κ2) is 7.77. The van der Waals surface area contributed by atoms with Gasteiger partial charge in [0.2, 0.25) is 0 Å². The van der Waals surface area contributed by atoms with Crippen LogP contribution in [0.2, 0.25) is 5.02 Å². The molecule has 0 saturated heterocycles. The SMILES string of the molecule is COC(=O)C(=Cc1ccccc1)c1cn(Cc2ccc(Cl)cc2)nn1. The smallest absolute Gasteiger partial charge is 0.340 e. The highest BCUT2D eigenvalue weighted by Crippen LogP contribution is 2.18. The molecule has 126 valence electrons. The van der Waals surface area contributed by atoms with Gasteiger partial charge in [0.05, 0.1) is 25.4 Å². The van der Waals surface area contributed by atoms with Gasteiger partial charge in [-0.15, -0.1) is 5.10 Å². The molecule has 0 bridgehead atoms. The molecule has 0 spiro atoms. The van der Waals surface area contributed by atoms with E-state index in [4.69, 9.17) is 16.3 Å². The summed E-state index contributed by atoms with van der Waals surface area (Å²) in [6, 6.07) is 17.0. The van der Waals surface area contributed by atoms with Crippen LogP contribution >= 0.6 is 11.6 Å². The van der Waals surface area contributed by atoms with Gasteiger partial charge < -0.3 is 4.74 Å². The van der Waals surface area contributed by atoms with Crippen LogP contribution in [0.4, 0.5) is 0 Å². The Morgan fingerprint density at radius 2 is 1.88 bits per heavy atom. The highest BCUT2D eigenvalue weighted by molar-refractivity contribution is 6.30. The van der Waals surface area contributed by atoms with E-state index in [9.17, 15) is 4.79 Å². The Labute approximate surface area is 150 Å². The van der Waals surface area contributed by atoms with Crippen molar-refractivity contribution in [3.8, 4) is 0 Å². The Balaban J connectivity index is 1.87. The molecule has 0 aliphatic heterocycles. The van der Waals surface area contributed by atoms with Gasteiger partial charge in [0.1, 0.15) is 5.69 Å². The van der Waals surface area contributed by atoms with Gasteiger partial charge in [-0.3, -0.25) is 0 Å². The van der Waals surface area contributed by atoms with E-state index < -0.39 is 5.97 Å². The zero-order chi connectivity index (χ0) is 17.6. The summed E-state index contributed by atoms with van der Waals surface area (Å²) in [5.41, 5.74) is 2.74. The summed E-state index contributed by atoms with van der Waals surface area (Å²) in [5, 5.41) is 8.89. The van der Waals surface area contributed by atoms with Crippen molar-refractivity contribution in [1.29, 1.82) is 0 Å². The van der Waals surface area contributed by atoms with E-state index in [1.807, 2.05) is 54.6 Å². The number of ether oxygens (including phenoxy) is 1. The number of benzene rings is 2. The molecule has 3 rings (SSSR count). The van der Waals surface area contributed by atoms with E-state index in [1.54, 1.807) is 17.0 Å². The molecule has 1 aromatic heterocycles. The Morgan fingerprint density at radius 3 is 2.56 bits per heavy atom. The van der Waals surface area contributed by atoms with E-state index in [-0.39, 0.29) is 0 Å². The molecule has 0 aliphatic rings. The standard InChI is InChI=1S/C19H16ClN3O2/c1-25-19(24)17(11-14-5-3-2-4-6-14)18-13-23(22-21-18)12-15-7-9-16(20)10-8-15/h2-11,13H,12H2,1H3. The summed E-state index contributed by atoms with van der Waals surface area (Å²) in [6.45, 7) is 0.532. The third-order valence-electron chi connectivity index (χ3n) is 3.59. The molecular weight excluding hydrogens is 338 g/mol. The number of carbonyl (C=O) groups excluding carboxylic acids is 1. The van der Waals surface area contributed by atoms with Crippen molar-refractivity contribution in [2.24, 2.45) is 0 Å². The Bertz CT molecular complexity index is 887. The molecule has 0 amide bonds. The number of rotatable bonds is 5. The lowest BCUT2D eigenvalue weighted by Crippen LogP contribution is -2.04. The number of nitrogens with zero attached hydrogens (tertiary/aromatic N) is 3. The van der Waals surface area contributed by atoms with Crippen LogP contribution in [0.3, 0.4) is 0 Å². The Kier molecular flexibility index (Phi) is 5.26. The molecule has 25 heavy (non-hydrogen) atoms. The molecule has 0 aliphatic carbocycles. The summed E-state index contributed by atoms with van der Waals surface area (Å²) in [5.74, 6) is -0.456. The molecule has 2 aromatic carbocycles. The summed E-state index contributed by atoms with van der Waals surface area (Å²) in [4.78, 5) is 12.1. The van der Waals surface area contributed by atoms with Crippen molar-refractivity contribution < 1.29 is 9.53 Å². The van der Waals surface area contributed by atoms with Crippen molar-refractivity contribution in [2.45, 2.75) is 6.54 Å². The largest absolute Gasteiger partial charge is 0.465 e. The van der Waals surface area contributed by atoms with Crippen LogP contribution < -0.4 is 0 Å². The molecule has 0 unspecified atom stereocenters. The fourth-order valence-corrected chi connectivity index (χ4v) is 2.47. The maximum Gasteiger partial charge on any atom is 0.340 e. The lowest BCUT2D eigenvalue weighted by molar-refractivity contribution is -0.133. The van der Waals surface area contributed by atoms with Crippen LogP contribution in [-0.2, 0) is 16.1 Å². The van der Waals surface area contributed by atoms with Crippen LogP contribution in [0.25, 0.3) is 11.6 Å². The van der Waals surface area contributed by atoms with Gasteiger partial charge in [-0.2, -0.15) is 0 Å². The van der Waals surface area contributed by atoms with Gasteiger partial charge in [-0.25, -0.2) is 9.48 Å². The molecule has 6 heteroatoms. The Morgan fingerprint density at radius 1 is 1.16 bits per heavy atom. The van der Waals surface area contributed by atoms with Crippen molar-refractivity contribution in [3.63, 3.8) is 0 Å². The monoisotopic (exact) mass is 353 g/mol. The fourth-order valence-electron chi connectivity index (χ4n) is 2.34. The highest BCUT2D eigenvalue weighted by Gasteiger charge is 2.16. The normalized spacial score (nSPS) is 11.4. The predicted octanol–water partition coefficient (Wildman–Crippen LogP) is 3.69. The van der Waals surface area contributed by atoms with E-state index in [0.29, 0.717) is 22.8 Å². The van der Waals surface area contributed by atoms with E-state index in [0.717, 1.165) is 11.1 Å². The number of hydrogen-bond donors (Lipinski definition) is 0. The number of carbonyl (C=O) groups is 1. The van der Waals surface area contributed by atoms with Gasteiger partial charge in [-0.05, 0) is 29.3 Å². The van der Waals surface area contributed by atoms with Crippen LogP contribution in [0.1, 0.15) is 16.8 Å². The molecule has 0 fully saturated rings. The summed E-state index contributed by atoms with van der Waals surface area (Å²) in [7, 11) is 1.35. The van der Waals surface area contributed by atoms with Crippen LogP contribution in [0.5, 0.6) is 0 Å². The van der Waals surface area contributed by atoms with Crippen molar-refractivity contribution in [2.75, 3.05) is 7.11 Å². The van der Waals surface area contributed by atoms with E-state index in [2.05, 4.69) is 10.3 Å². The van der Waals surface area contributed by atoms with Crippen LogP contribution in [0.15, 0.2) is 60.8 Å². The first-order chi connectivity index (χ1) is 12.2. The first-order valence-electron chi connectivity index (χ1n) is 7.66. The number of halogens is 1. The molecule has 1 heterocycles. The molecule has 0 N–H and O–H groups in total. The average Bonchev–Trinajstić information content (AvgIpc) is 3.10. The topological polar surface area (TPSA) is 57.0 Å². The maximum atomic E-state index is 12.1. The molecule has 0 saturated carbocycles. The zero-order valence-electron chi connectivity index (χ0n) is 13.6. The summed E-state index contributed by atoms with van der Waals surface area (Å²) >= 11 is 5.89. The molecular formula is C19H16ClN3O2. The third-order valence-corrected chi connectivity index (χ3v) is 3.84. The summed E-state index contributed by atoms with van der Waals surface area (Å²) < 4.78 is 6.55. The van der Waals surface area contributed by atoms with E-state index in [1.165, 1.54) is 7.11 Å². The highest BCUT2D eigenvalue weighted by atomic mass is 35.5. The van der Waals surface area contributed by atoms with Crippen LogP contribution in [0, 0.1) is 0 Å². The number of aromatic nitrogens is 3. The lowest BCUT2D eigenvalue weighted by atomic mass is 10.1. The van der Waals surface area contributed by atoms with Crippen molar-refractivity contribution in [3.05, 3.63) is 82.6 Å². The minimum absolute atomic E-state index is 0.357. The number of esters is 1. The van der Waals surface area contributed by atoms with Crippen molar-refractivity contribution >= 4 is 29.2 Å². The zero-order valence-corrected chi connectivity index (χ0v) is 14.3. The molecule has 5 nitrogen and oxygen atoms in total. The minimum atomic E-state index is -0.456. The second-order valence-corrected chi connectivity index (χ2v) is 5.82. The van der Waals surface area contributed by atoms with Crippen LogP contribution in [-0.4, -0.2) is 28.1 Å². The minimum Gasteiger partial charge on any atom is -0.465 e. The first kappa shape index (κ1) is 16.9. The molecule has 3 aromatic rings. The average molecular weight is 354 g/mol. The Hall–Kier alpha value is -2.92. The lowest BCUT2D eigenvalue weighted by Gasteiger charge is -2.03. The molecule has 0 atom stereocenters. The van der Waals surface area contributed by atoms with Gasteiger partial charge in [0.15, 0.2) is 0 Å². The quantitative estimate of drug-likeness (QED) is 0.518. The number of hydrogen-bond acceptors (Lipinski definition) is 4. The first-order valence-corrected chi connectivity index (χ1v) is 8.03. The number of methoxy groups -OCH3 is 1. The van der Waals surface area contributed by atoms with Gasteiger partial charge in [0, 0.05) is 5.02 Å². The molecule has 0 radical (unpaired) electrons. The van der Waals surface area contributed by atoms with Gasteiger partial charge >= 0.3 is 5.97 Å². The van der Waals surface area contributed by atoms with Gasteiger partial charge in [-0.1, -0.05) is 59.3 Å². The fraction of sp³-hybridized carbons (Fsp3) is 0.105. The third kappa shape index (κ3) is 4.33. The van der Waals surface area contributed by atoms with E-state index >= 15 is 0 Å². The second-order valence-electron chi connectivity index (χ2n) is 5.39. The maximum absolute atomic E-state index is 12.1. The summed E-state index contributed by atoms with van der Waals surface area (Å²) in [6.07, 6.45) is 3.46. The van der Waals surface area contributed by atoms with Crippen molar-refractivity contribution in [1.82, 2.24) is 15.0 Å².